The number of nitrogens with zero attached hydrogens (tertiary/aromatic N) is 4. The monoisotopic (exact) mass is 621 g/mol. The molecule has 0 radical (unpaired) electrons. The molecule has 0 spiro atoms. The van der Waals surface area contributed by atoms with E-state index >= 15 is 0 Å². The number of nitrogens with one attached hydrogen (secondary N) is 1. The van der Waals surface area contributed by atoms with E-state index in [1.807, 2.05) is 41.3 Å². The van der Waals surface area contributed by atoms with Crippen molar-refractivity contribution >= 4 is 29.0 Å². The van der Waals surface area contributed by atoms with Crippen molar-refractivity contribution < 1.29 is 28.5 Å². The van der Waals surface area contributed by atoms with E-state index in [4.69, 9.17) is 30.5 Å². The van der Waals surface area contributed by atoms with E-state index in [0.29, 0.717) is 59.8 Å². The lowest BCUT2D eigenvalue weighted by molar-refractivity contribution is -0.128. The number of aromatic nitrogens is 2. The lowest BCUT2D eigenvalue weighted by atomic mass is 9.84. The minimum Gasteiger partial charge on any atom is -0.497 e. The first-order chi connectivity index (χ1) is 21.7. The minimum atomic E-state index is -0.266. The number of ketones is 1. The molecule has 2 atom stereocenters. The van der Waals surface area contributed by atoms with Crippen molar-refractivity contribution in [1.29, 1.82) is 0 Å². The maximum absolute atomic E-state index is 12.7. The molecule has 1 aliphatic carbocycles. The number of nitrogens with two attached hydrogens (primary N) is 2. The molecule has 1 fully saturated rings. The molecular weight excluding hydrogens is 578 g/mol. The van der Waals surface area contributed by atoms with Crippen LogP contribution in [0, 0.1) is 5.92 Å². The van der Waals surface area contributed by atoms with Gasteiger partial charge in [-0.1, -0.05) is 6.42 Å². The van der Waals surface area contributed by atoms with Gasteiger partial charge in [0.15, 0.2) is 11.6 Å². The molecule has 45 heavy (non-hydrogen) atoms. The third-order valence-electron chi connectivity index (χ3n) is 8.02. The normalized spacial score (nSPS) is 16.0. The van der Waals surface area contributed by atoms with Gasteiger partial charge >= 0.3 is 0 Å². The van der Waals surface area contributed by atoms with Gasteiger partial charge in [-0.25, -0.2) is 15.8 Å². The summed E-state index contributed by atoms with van der Waals surface area (Å²) in [4.78, 5) is 35.2. The summed E-state index contributed by atoms with van der Waals surface area (Å²) < 4.78 is 22.2. The Morgan fingerprint density at radius 3 is 2.00 bits per heavy atom. The molecule has 13 heteroatoms. The number of carbonyl (C=O) groups excluding carboxylic acids is 2. The van der Waals surface area contributed by atoms with Gasteiger partial charge in [-0.05, 0) is 50.5 Å². The summed E-state index contributed by atoms with van der Waals surface area (Å²) in [6.45, 7) is 2.20. The number of methoxy groups -OCH3 is 4. The van der Waals surface area contributed by atoms with Crippen LogP contribution in [0.3, 0.4) is 0 Å². The summed E-state index contributed by atoms with van der Waals surface area (Å²) in [5.41, 5.74) is 8.85. The highest BCUT2D eigenvalue weighted by molar-refractivity contribution is 5.85. The molecule has 1 amide bonds. The SMILES string of the molecule is COc1ccc(CN(Cc2ccc(OC)cc2OC)c2ncnc(N(N)C3CCCC(C(=O)NCC(C)=O)C3)c2N)c(OC)c1. The van der Waals surface area contributed by atoms with Crippen LogP contribution in [-0.4, -0.2) is 62.7 Å². The highest BCUT2D eigenvalue weighted by Gasteiger charge is 2.32. The number of amides is 1. The molecule has 242 valence electrons. The van der Waals surface area contributed by atoms with Crippen molar-refractivity contribution in [3.8, 4) is 23.0 Å². The Labute approximate surface area is 263 Å². The molecule has 0 aliphatic heterocycles. The largest absolute Gasteiger partial charge is 0.497 e. The average Bonchev–Trinajstić information content (AvgIpc) is 3.06. The topological polar surface area (TPSA) is 167 Å². The molecule has 1 aromatic heterocycles. The quantitative estimate of drug-likeness (QED) is 0.178. The number of benzene rings is 2. The van der Waals surface area contributed by atoms with Crippen LogP contribution in [0.1, 0.15) is 43.7 Å². The van der Waals surface area contributed by atoms with Crippen molar-refractivity contribution in [1.82, 2.24) is 15.3 Å². The Bertz CT molecular complexity index is 1430. The number of rotatable bonds is 14. The van der Waals surface area contributed by atoms with E-state index in [0.717, 1.165) is 30.4 Å². The van der Waals surface area contributed by atoms with E-state index in [9.17, 15) is 9.59 Å². The minimum absolute atomic E-state index is 0.0162. The lowest BCUT2D eigenvalue weighted by Crippen LogP contribution is -2.47. The molecule has 0 saturated heterocycles. The average molecular weight is 622 g/mol. The second-order valence-electron chi connectivity index (χ2n) is 11.0. The van der Waals surface area contributed by atoms with Gasteiger partial charge in [0, 0.05) is 48.3 Å². The van der Waals surface area contributed by atoms with Crippen LogP contribution in [0.4, 0.5) is 17.3 Å². The van der Waals surface area contributed by atoms with Crippen LogP contribution in [0.15, 0.2) is 42.7 Å². The summed E-state index contributed by atoms with van der Waals surface area (Å²) in [5.74, 6) is 9.63. The molecule has 3 aromatic rings. The highest BCUT2D eigenvalue weighted by atomic mass is 16.5. The Balaban J connectivity index is 1.68. The van der Waals surface area contributed by atoms with Crippen LogP contribution in [0.5, 0.6) is 23.0 Å². The summed E-state index contributed by atoms with van der Waals surface area (Å²) in [6, 6.07) is 11.1. The first kappa shape index (κ1) is 33.1. The maximum atomic E-state index is 12.7. The van der Waals surface area contributed by atoms with Gasteiger partial charge in [0.1, 0.15) is 40.8 Å². The first-order valence-corrected chi connectivity index (χ1v) is 14.8. The van der Waals surface area contributed by atoms with Gasteiger partial charge in [-0.2, -0.15) is 0 Å². The molecule has 2 aromatic carbocycles. The summed E-state index contributed by atoms with van der Waals surface area (Å²) in [5, 5.41) is 4.27. The highest BCUT2D eigenvalue weighted by Crippen LogP contribution is 2.37. The number of Topliss-reactive ketones (excluding diaryl/α,β-unsaturated/α-hetero) is 1. The lowest BCUT2D eigenvalue weighted by Gasteiger charge is -2.36. The van der Waals surface area contributed by atoms with Gasteiger partial charge < -0.3 is 34.9 Å². The van der Waals surface area contributed by atoms with Gasteiger partial charge in [0.25, 0.3) is 0 Å². The summed E-state index contributed by atoms with van der Waals surface area (Å²) in [7, 11) is 6.42. The Morgan fingerprint density at radius 2 is 1.47 bits per heavy atom. The van der Waals surface area contributed by atoms with Crippen LogP contribution >= 0.6 is 0 Å². The standard InChI is InChI=1S/C32H43N7O6/c1-20(40)16-35-32(41)21-7-6-8-24(13-21)39(34)31-29(33)30(36-19-37-31)38(17-22-9-11-25(42-2)14-27(22)44-4)18-23-10-12-26(43-3)15-28(23)45-5/h9-12,14-15,19,21,24H,6-8,13,16-18,33-34H2,1-5H3,(H,35,41). The van der Waals surface area contributed by atoms with E-state index < -0.39 is 0 Å². The number of anilines is 3. The number of hydrazine groups is 1. The van der Waals surface area contributed by atoms with E-state index in [2.05, 4.69) is 15.3 Å². The van der Waals surface area contributed by atoms with Crippen molar-refractivity contribution in [2.24, 2.45) is 11.8 Å². The van der Waals surface area contributed by atoms with Crippen LogP contribution < -0.4 is 45.7 Å². The Hall–Kier alpha value is -4.78. The smallest absolute Gasteiger partial charge is 0.223 e. The molecule has 0 bridgehead atoms. The fourth-order valence-electron chi connectivity index (χ4n) is 5.60. The van der Waals surface area contributed by atoms with E-state index in [-0.39, 0.29) is 30.2 Å². The fraction of sp³-hybridized carbons (Fsp3) is 0.438. The zero-order valence-corrected chi connectivity index (χ0v) is 26.5. The zero-order valence-electron chi connectivity index (χ0n) is 26.5. The Kier molecular flexibility index (Phi) is 11.3. The Morgan fingerprint density at radius 1 is 0.889 bits per heavy atom. The molecule has 13 nitrogen and oxygen atoms in total. The number of nitrogen functional groups attached to an aromatic ring is 1. The number of hydrogen-bond donors (Lipinski definition) is 3. The van der Waals surface area contributed by atoms with Crippen LogP contribution in [-0.2, 0) is 22.7 Å². The van der Waals surface area contributed by atoms with Gasteiger partial charge in [0.2, 0.25) is 5.91 Å². The van der Waals surface area contributed by atoms with Crippen molar-refractivity contribution in [2.75, 3.05) is 50.6 Å². The second kappa shape index (κ2) is 15.3. The predicted molar refractivity (Wildman–Crippen MR) is 172 cm³/mol. The van der Waals surface area contributed by atoms with E-state index in [1.54, 1.807) is 33.4 Å². The molecular formula is C32H43N7O6. The third kappa shape index (κ3) is 8.04. The third-order valence-corrected chi connectivity index (χ3v) is 8.02. The first-order valence-electron chi connectivity index (χ1n) is 14.8. The molecule has 1 saturated carbocycles. The molecule has 5 N–H and O–H groups in total. The van der Waals surface area contributed by atoms with Gasteiger partial charge in [0.05, 0.1) is 35.0 Å². The summed E-state index contributed by atoms with van der Waals surface area (Å²) >= 11 is 0. The van der Waals surface area contributed by atoms with Crippen molar-refractivity contribution in [3.05, 3.63) is 53.9 Å². The molecule has 4 rings (SSSR count). The number of ether oxygens (including phenoxy) is 4. The summed E-state index contributed by atoms with van der Waals surface area (Å²) in [6.07, 6.45) is 4.23. The number of carbonyl (C=O) groups is 2. The van der Waals surface area contributed by atoms with Gasteiger partial charge in [-0.15, -0.1) is 0 Å². The fourth-order valence-corrected chi connectivity index (χ4v) is 5.60. The van der Waals surface area contributed by atoms with Crippen molar-refractivity contribution in [2.45, 2.75) is 51.7 Å². The molecule has 1 heterocycles. The van der Waals surface area contributed by atoms with Crippen molar-refractivity contribution in [3.63, 3.8) is 0 Å². The van der Waals surface area contributed by atoms with Crippen LogP contribution in [0.25, 0.3) is 0 Å². The maximum Gasteiger partial charge on any atom is 0.223 e. The zero-order chi connectivity index (χ0) is 32.5. The number of hydrogen-bond acceptors (Lipinski definition) is 12. The predicted octanol–water partition coefficient (Wildman–Crippen LogP) is 3.24. The second-order valence-corrected chi connectivity index (χ2v) is 11.0. The molecule has 1 aliphatic rings. The van der Waals surface area contributed by atoms with E-state index in [1.165, 1.54) is 13.3 Å². The van der Waals surface area contributed by atoms with Gasteiger partial charge in [-0.3, -0.25) is 14.6 Å². The molecule has 2 unspecified atom stereocenters. The van der Waals surface area contributed by atoms with Crippen LogP contribution in [0.2, 0.25) is 0 Å².